The van der Waals surface area contributed by atoms with E-state index < -0.39 is 0 Å². The Morgan fingerprint density at radius 1 is 1.33 bits per heavy atom. The Labute approximate surface area is 108 Å². The molecule has 18 heavy (non-hydrogen) atoms. The van der Waals surface area contributed by atoms with Crippen LogP contribution in [0.25, 0.3) is 5.69 Å². The summed E-state index contributed by atoms with van der Waals surface area (Å²) in [7, 11) is 0. The smallest absolute Gasteiger partial charge is 0.228 e. The zero-order chi connectivity index (χ0) is 12.5. The summed E-state index contributed by atoms with van der Waals surface area (Å²) in [4.78, 5) is 13.5. The van der Waals surface area contributed by atoms with E-state index in [0.29, 0.717) is 13.0 Å². The summed E-state index contributed by atoms with van der Waals surface area (Å²) in [5.74, 6) is 0.0452. The molecule has 92 valence electrons. The lowest BCUT2D eigenvalue weighted by Gasteiger charge is -2.16. The molecule has 1 unspecified atom stereocenters. The van der Waals surface area contributed by atoms with E-state index in [1.54, 1.807) is 9.58 Å². The van der Waals surface area contributed by atoms with Gasteiger partial charge in [-0.1, -0.05) is 6.07 Å². The van der Waals surface area contributed by atoms with Crippen molar-refractivity contribution in [2.45, 2.75) is 11.8 Å². The van der Waals surface area contributed by atoms with E-state index in [4.69, 9.17) is 11.6 Å². The number of nitrogens with zero attached hydrogens (tertiary/aromatic N) is 5. The minimum Gasteiger partial charge on any atom is -0.311 e. The van der Waals surface area contributed by atoms with Gasteiger partial charge in [-0.3, -0.25) is 4.79 Å². The lowest BCUT2D eigenvalue weighted by atomic mass is 10.2. The van der Waals surface area contributed by atoms with E-state index in [9.17, 15) is 4.79 Å². The van der Waals surface area contributed by atoms with Crippen LogP contribution in [-0.2, 0) is 4.79 Å². The minimum atomic E-state index is -0.116. The average molecular weight is 264 g/mol. The largest absolute Gasteiger partial charge is 0.311 e. The molecule has 1 aromatic heterocycles. The van der Waals surface area contributed by atoms with Crippen LogP contribution < -0.4 is 4.90 Å². The molecule has 2 aromatic rings. The molecular weight excluding hydrogens is 254 g/mol. The first-order valence-electron chi connectivity index (χ1n) is 5.52. The Morgan fingerprint density at radius 3 is 2.83 bits per heavy atom. The van der Waals surface area contributed by atoms with E-state index in [-0.39, 0.29) is 11.3 Å². The molecule has 0 radical (unpaired) electrons. The van der Waals surface area contributed by atoms with E-state index in [0.717, 1.165) is 11.4 Å². The topological polar surface area (TPSA) is 63.9 Å². The molecule has 0 spiro atoms. The van der Waals surface area contributed by atoms with Crippen molar-refractivity contribution in [3.8, 4) is 5.69 Å². The molecule has 1 aliphatic heterocycles. The van der Waals surface area contributed by atoms with Gasteiger partial charge in [-0.15, -0.1) is 16.7 Å². The normalized spacial score (nSPS) is 19.5. The lowest BCUT2D eigenvalue weighted by molar-refractivity contribution is -0.117. The van der Waals surface area contributed by atoms with Gasteiger partial charge in [-0.25, -0.2) is 4.68 Å². The number of tetrazole rings is 1. The molecule has 0 saturated carbocycles. The van der Waals surface area contributed by atoms with Gasteiger partial charge in [0.2, 0.25) is 5.91 Å². The summed E-state index contributed by atoms with van der Waals surface area (Å²) >= 11 is 5.99. The molecule has 0 bridgehead atoms. The van der Waals surface area contributed by atoms with Gasteiger partial charge in [-0.2, -0.15) is 0 Å². The molecule has 1 amide bonds. The Kier molecular flexibility index (Phi) is 2.71. The number of carbonyl (C=O) groups excluding carboxylic acids is 1. The van der Waals surface area contributed by atoms with Crippen LogP contribution in [0, 0.1) is 0 Å². The van der Waals surface area contributed by atoms with Crippen LogP contribution in [0.5, 0.6) is 0 Å². The van der Waals surface area contributed by atoms with Crippen LogP contribution in [-0.4, -0.2) is 38.0 Å². The first-order valence-corrected chi connectivity index (χ1v) is 5.95. The van der Waals surface area contributed by atoms with Gasteiger partial charge in [0.15, 0.2) is 0 Å². The molecule has 0 N–H and O–H groups in total. The summed E-state index contributed by atoms with van der Waals surface area (Å²) in [6.07, 6.45) is 1.89. The highest BCUT2D eigenvalue weighted by Gasteiger charge is 2.29. The fourth-order valence-corrected chi connectivity index (χ4v) is 2.27. The van der Waals surface area contributed by atoms with E-state index in [1.807, 2.05) is 24.3 Å². The molecule has 3 rings (SSSR count). The van der Waals surface area contributed by atoms with E-state index >= 15 is 0 Å². The Balaban J connectivity index is 1.94. The monoisotopic (exact) mass is 263 g/mol. The fraction of sp³-hybridized carbons (Fsp3) is 0.273. The van der Waals surface area contributed by atoms with Gasteiger partial charge in [0.25, 0.3) is 0 Å². The van der Waals surface area contributed by atoms with Gasteiger partial charge in [0, 0.05) is 18.7 Å². The quantitative estimate of drug-likeness (QED) is 0.759. The van der Waals surface area contributed by atoms with Gasteiger partial charge in [0.1, 0.15) is 6.33 Å². The molecule has 1 fully saturated rings. The third-order valence-electron chi connectivity index (χ3n) is 2.83. The van der Waals surface area contributed by atoms with Crippen molar-refractivity contribution in [2.24, 2.45) is 0 Å². The van der Waals surface area contributed by atoms with Crippen LogP contribution in [0.1, 0.15) is 6.42 Å². The standard InChI is InChI=1S/C11H10ClN5O/c12-8-4-11(18)16(6-8)9-2-1-3-10(5-9)17-7-13-14-15-17/h1-3,5,7-8H,4,6H2. The van der Waals surface area contributed by atoms with Crippen LogP contribution in [0.3, 0.4) is 0 Å². The Morgan fingerprint density at radius 2 is 2.17 bits per heavy atom. The molecule has 7 heteroatoms. The van der Waals surface area contributed by atoms with Crippen LogP contribution in [0.4, 0.5) is 5.69 Å². The second-order valence-electron chi connectivity index (χ2n) is 4.08. The third-order valence-corrected chi connectivity index (χ3v) is 3.13. The summed E-state index contributed by atoms with van der Waals surface area (Å²) in [5, 5.41) is 10.9. The number of amides is 1. The van der Waals surface area contributed by atoms with Gasteiger partial charge >= 0.3 is 0 Å². The van der Waals surface area contributed by atoms with Gasteiger partial charge in [0.05, 0.1) is 11.1 Å². The molecule has 1 saturated heterocycles. The molecule has 1 atom stereocenters. The first kappa shape index (κ1) is 11.2. The predicted octanol–water partition coefficient (Wildman–Crippen LogP) is 1.01. The van der Waals surface area contributed by atoms with Crippen LogP contribution in [0.2, 0.25) is 0 Å². The maximum atomic E-state index is 11.8. The van der Waals surface area contributed by atoms with Gasteiger partial charge in [-0.05, 0) is 28.6 Å². The van der Waals surface area contributed by atoms with E-state index in [2.05, 4.69) is 15.5 Å². The minimum absolute atomic E-state index is 0.0452. The van der Waals surface area contributed by atoms with Crippen molar-refractivity contribution < 1.29 is 4.79 Å². The number of aromatic nitrogens is 4. The summed E-state index contributed by atoms with van der Waals surface area (Å²) in [6.45, 7) is 0.541. The second kappa shape index (κ2) is 4.38. The zero-order valence-electron chi connectivity index (χ0n) is 9.40. The number of carbonyl (C=O) groups is 1. The highest BCUT2D eigenvalue weighted by Crippen LogP contribution is 2.25. The SMILES string of the molecule is O=C1CC(Cl)CN1c1cccc(-n2cnnn2)c1. The number of halogens is 1. The highest BCUT2D eigenvalue weighted by atomic mass is 35.5. The molecule has 0 aliphatic carbocycles. The maximum absolute atomic E-state index is 11.8. The maximum Gasteiger partial charge on any atom is 0.228 e. The van der Waals surface area contributed by atoms with Crippen molar-refractivity contribution in [1.82, 2.24) is 20.2 Å². The summed E-state index contributed by atoms with van der Waals surface area (Å²) in [5.41, 5.74) is 1.62. The summed E-state index contributed by atoms with van der Waals surface area (Å²) in [6, 6.07) is 7.48. The first-order chi connectivity index (χ1) is 8.74. The number of alkyl halides is 1. The molecule has 1 aromatic carbocycles. The number of benzene rings is 1. The van der Waals surface area contributed by atoms with Crippen molar-refractivity contribution in [3.05, 3.63) is 30.6 Å². The molecule has 1 aliphatic rings. The number of hydrogen-bond donors (Lipinski definition) is 0. The van der Waals surface area contributed by atoms with Gasteiger partial charge < -0.3 is 4.90 Å². The fourth-order valence-electron chi connectivity index (χ4n) is 2.00. The third kappa shape index (κ3) is 1.95. The number of rotatable bonds is 2. The van der Waals surface area contributed by atoms with Crippen LogP contribution in [0.15, 0.2) is 30.6 Å². The molecular formula is C11H10ClN5O. The lowest BCUT2D eigenvalue weighted by Crippen LogP contribution is -2.24. The number of hydrogen-bond acceptors (Lipinski definition) is 4. The number of anilines is 1. The average Bonchev–Trinajstić information content (AvgIpc) is 2.99. The predicted molar refractivity (Wildman–Crippen MR) is 65.8 cm³/mol. The second-order valence-corrected chi connectivity index (χ2v) is 4.70. The van der Waals surface area contributed by atoms with Crippen molar-refractivity contribution >= 4 is 23.2 Å². The zero-order valence-corrected chi connectivity index (χ0v) is 10.2. The molecule has 6 nitrogen and oxygen atoms in total. The van der Waals surface area contributed by atoms with E-state index in [1.165, 1.54) is 6.33 Å². The Hall–Kier alpha value is -1.95. The summed E-state index contributed by atoms with van der Waals surface area (Å²) < 4.78 is 1.54. The van der Waals surface area contributed by atoms with Crippen molar-refractivity contribution in [2.75, 3.05) is 11.4 Å². The Bertz CT molecular complexity index is 571. The highest BCUT2D eigenvalue weighted by molar-refractivity contribution is 6.24. The van der Waals surface area contributed by atoms with Crippen LogP contribution >= 0.6 is 11.6 Å². The van der Waals surface area contributed by atoms with Crippen molar-refractivity contribution in [3.63, 3.8) is 0 Å². The molecule has 2 heterocycles. The van der Waals surface area contributed by atoms with Crippen molar-refractivity contribution in [1.29, 1.82) is 0 Å².